The van der Waals surface area contributed by atoms with Crippen molar-refractivity contribution in [2.45, 2.75) is 12.2 Å². The summed E-state index contributed by atoms with van der Waals surface area (Å²) in [5.41, 5.74) is 2.17. The number of fused-ring (bicyclic) bond motifs is 1. The van der Waals surface area contributed by atoms with Crippen LogP contribution < -0.4 is 18.9 Å². The van der Waals surface area contributed by atoms with Gasteiger partial charge in [-0.25, -0.2) is 0 Å². The maximum Gasteiger partial charge on any atom is 0.161 e. The maximum absolute atomic E-state index is 6.20. The van der Waals surface area contributed by atoms with E-state index in [1.807, 2.05) is 36.4 Å². The fraction of sp³-hybridized carbons (Fsp3) is 0.455. The van der Waals surface area contributed by atoms with Gasteiger partial charge in [0.2, 0.25) is 0 Å². The van der Waals surface area contributed by atoms with Crippen LogP contribution in [0.15, 0.2) is 36.4 Å². The molecule has 2 aromatic rings. The summed E-state index contributed by atoms with van der Waals surface area (Å²) >= 11 is 0. The van der Waals surface area contributed by atoms with E-state index in [1.54, 1.807) is 28.4 Å². The van der Waals surface area contributed by atoms with Crippen LogP contribution in [0, 0.1) is 11.8 Å². The minimum atomic E-state index is -0.0186. The number of hydrogen-bond donors (Lipinski definition) is 0. The Morgan fingerprint density at radius 1 is 0.607 bits per heavy atom. The Hall–Kier alpha value is -2.44. The highest BCUT2D eigenvalue weighted by Gasteiger charge is 2.48. The normalized spacial score (nSPS) is 26.0. The lowest BCUT2D eigenvalue weighted by atomic mass is 9.85. The van der Waals surface area contributed by atoms with Crippen molar-refractivity contribution < 1.29 is 28.4 Å². The van der Waals surface area contributed by atoms with E-state index in [2.05, 4.69) is 0 Å². The number of benzene rings is 2. The quantitative estimate of drug-likeness (QED) is 0.753. The Morgan fingerprint density at radius 3 is 1.36 bits per heavy atom. The molecular formula is C22H26O6. The first-order valence-corrected chi connectivity index (χ1v) is 9.37. The van der Waals surface area contributed by atoms with E-state index < -0.39 is 0 Å². The molecule has 0 saturated carbocycles. The van der Waals surface area contributed by atoms with Gasteiger partial charge in [0, 0.05) is 11.8 Å². The molecule has 6 heteroatoms. The molecule has 2 aliphatic heterocycles. The average molecular weight is 386 g/mol. The molecule has 0 radical (unpaired) electrons. The first-order chi connectivity index (χ1) is 13.7. The van der Waals surface area contributed by atoms with Crippen molar-refractivity contribution in [3.05, 3.63) is 47.5 Å². The maximum atomic E-state index is 6.20. The summed E-state index contributed by atoms with van der Waals surface area (Å²) in [6, 6.07) is 11.9. The summed E-state index contributed by atoms with van der Waals surface area (Å²) < 4.78 is 34.0. The van der Waals surface area contributed by atoms with Crippen molar-refractivity contribution in [2.24, 2.45) is 11.8 Å². The Labute approximate surface area is 165 Å². The Morgan fingerprint density at radius 2 is 1.00 bits per heavy atom. The van der Waals surface area contributed by atoms with Crippen LogP contribution in [0.5, 0.6) is 23.0 Å². The number of methoxy groups -OCH3 is 4. The second-order valence-electron chi connectivity index (χ2n) is 7.06. The monoisotopic (exact) mass is 386 g/mol. The molecule has 0 spiro atoms. The van der Waals surface area contributed by atoms with Gasteiger partial charge < -0.3 is 28.4 Å². The Bertz CT molecular complexity index is 766. The fourth-order valence-corrected chi connectivity index (χ4v) is 4.29. The molecule has 4 atom stereocenters. The van der Waals surface area contributed by atoms with Crippen LogP contribution in [-0.2, 0) is 9.47 Å². The lowest BCUT2D eigenvalue weighted by molar-refractivity contribution is 0.0191. The molecule has 2 heterocycles. The van der Waals surface area contributed by atoms with Crippen molar-refractivity contribution in [1.29, 1.82) is 0 Å². The minimum absolute atomic E-state index is 0.0186. The third-order valence-electron chi connectivity index (χ3n) is 5.74. The Balaban J connectivity index is 1.57. The largest absolute Gasteiger partial charge is 0.493 e. The number of ether oxygens (including phenoxy) is 6. The van der Waals surface area contributed by atoms with Gasteiger partial charge in [-0.1, -0.05) is 12.1 Å². The fourth-order valence-electron chi connectivity index (χ4n) is 4.29. The zero-order chi connectivity index (χ0) is 19.7. The molecule has 2 fully saturated rings. The SMILES string of the molecule is COc1ccc([C@H]2OC[C@H]3[C@H]2CO[C@@H]3c2ccc(OC)c(OC)c2)cc1OC. The molecule has 0 N–H and O–H groups in total. The van der Waals surface area contributed by atoms with Crippen molar-refractivity contribution in [3.8, 4) is 23.0 Å². The van der Waals surface area contributed by atoms with Crippen LogP contribution in [0.1, 0.15) is 23.3 Å². The van der Waals surface area contributed by atoms with Gasteiger partial charge in [0.05, 0.1) is 53.9 Å². The van der Waals surface area contributed by atoms with Gasteiger partial charge in [-0.05, 0) is 35.4 Å². The second-order valence-corrected chi connectivity index (χ2v) is 7.06. The zero-order valence-corrected chi connectivity index (χ0v) is 16.6. The van der Waals surface area contributed by atoms with Crippen molar-refractivity contribution in [1.82, 2.24) is 0 Å². The highest BCUT2D eigenvalue weighted by atomic mass is 16.5. The Kier molecular flexibility index (Phi) is 5.33. The van der Waals surface area contributed by atoms with Gasteiger partial charge in [-0.15, -0.1) is 0 Å². The first-order valence-electron chi connectivity index (χ1n) is 9.37. The molecular weight excluding hydrogens is 360 g/mol. The van der Waals surface area contributed by atoms with Gasteiger partial charge in [0.25, 0.3) is 0 Å². The molecule has 6 nitrogen and oxygen atoms in total. The summed E-state index contributed by atoms with van der Waals surface area (Å²) in [5.74, 6) is 3.43. The minimum Gasteiger partial charge on any atom is -0.493 e. The van der Waals surface area contributed by atoms with Gasteiger partial charge in [0.15, 0.2) is 23.0 Å². The summed E-state index contributed by atoms with van der Waals surface area (Å²) in [7, 11) is 6.56. The van der Waals surface area contributed by atoms with E-state index in [4.69, 9.17) is 28.4 Å². The average Bonchev–Trinajstić information content (AvgIpc) is 3.35. The third-order valence-corrected chi connectivity index (χ3v) is 5.74. The molecule has 0 bridgehead atoms. The standard InChI is InChI=1S/C22H26O6/c1-23-17-7-5-13(9-19(17)25-3)21-15-11-28-22(16(15)12-27-21)14-6-8-18(24-2)20(10-14)26-4/h5-10,15-16,21-22H,11-12H2,1-4H3/t15-,16+,21-,22-/m1/s1. The molecule has 28 heavy (non-hydrogen) atoms. The predicted molar refractivity (Wildman–Crippen MR) is 103 cm³/mol. The van der Waals surface area contributed by atoms with E-state index in [0.717, 1.165) is 11.1 Å². The van der Waals surface area contributed by atoms with Crippen molar-refractivity contribution in [2.75, 3.05) is 41.7 Å². The molecule has 2 aromatic carbocycles. The van der Waals surface area contributed by atoms with Crippen LogP contribution in [-0.4, -0.2) is 41.7 Å². The second kappa shape index (κ2) is 7.89. The van der Waals surface area contributed by atoms with Gasteiger partial charge in [0.1, 0.15) is 0 Å². The van der Waals surface area contributed by atoms with Gasteiger partial charge in [-0.3, -0.25) is 0 Å². The van der Waals surface area contributed by atoms with Crippen LogP contribution in [0.3, 0.4) is 0 Å². The van der Waals surface area contributed by atoms with Crippen LogP contribution in [0.25, 0.3) is 0 Å². The van der Waals surface area contributed by atoms with Crippen molar-refractivity contribution >= 4 is 0 Å². The summed E-state index contributed by atoms with van der Waals surface area (Å²) in [6.45, 7) is 1.31. The number of rotatable bonds is 6. The third kappa shape index (κ3) is 3.16. The van der Waals surface area contributed by atoms with Crippen LogP contribution in [0.4, 0.5) is 0 Å². The molecule has 2 aliphatic rings. The van der Waals surface area contributed by atoms with Crippen molar-refractivity contribution in [3.63, 3.8) is 0 Å². The highest BCUT2D eigenvalue weighted by molar-refractivity contribution is 5.45. The van der Waals surface area contributed by atoms with E-state index >= 15 is 0 Å². The van der Waals surface area contributed by atoms with E-state index in [-0.39, 0.29) is 24.0 Å². The summed E-state index contributed by atoms with van der Waals surface area (Å²) in [5, 5.41) is 0. The van der Waals surface area contributed by atoms with E-state index in [9.17, 15) is 0 Å². The summed E-state index contributed by atoms with van der Waals surface area (Å²) in [4.78, 5) is 0. The highest BCUT2D eigenvalue weighted by Crippen LogP contribution is 2.51. The molecule has 0 aliphatic carbocycles. The zero-order valence-electron chi connectivity index (χ0n) is 16.6. The lowest BCUT2D eigenvalue weighted by Gasteiger charge is -2.18. The molecule has 0 aromatic heterocycles. The topological polar surface area (TPSA) is 55.4 Å². The van der Waals surface area contributed by atoms with Gasteiger partial charge >= 0.3 is 0 Å². The van der Waals surface area contributed by atoms with Crippen LogP contribution in [0.2, 0.25) is 0 Å². The molecule has 150 valence electrons. The predicted octanol–water partition coefficient (Wildman–Crippen LogP) is 3.80. The molecule has 0 unspecified atom stereocenters. The van der Waals surface area contributed by atoms with Crippen LogP contribution >= 0.6 is 0 Å². The lowest BCUT2D eigenvalue weighted by Crippen LogP contribution is -2.14. The number of hydrogen-bond acceptors (Lipinski definition) is 6. The van der Waals surface area contributed by atoms with E-state index in [0.29, 0.717) is 36.2 Å². The first kappa shape index (κ1) is 18.9. The molecule has 2 saturated heterocycles. The van der Waals surface area contributed by atoms with Gasteiger partial charge in [-0.2, -0.15) is 0 Å². The summed E-state index contributed by atoms with van der Waals surface area (Å²) in [6.07, 6.45) is -0.0371. The van der Waals surface area contributed by atoms with E-state index in [1.165, 1.54) is 0 Å². The molecule has 0 amide bonds. The smallest absolute Gasteiger partial charge is 0.161 e. The molecule has 4 rings (SSSR count).